The minimum atomic E-state index is -0.451. The van der Waals surface area contributed by atoms with Crippen LogP contribution in [0.4, 0.5) is 5.69 Å². The molecule has 0 bridgehead atoms. The number of nitro groups is 1. The average Bonchev–Trinajstić information content (AvgIpc) is 2.64. The number of nitrogens with two attached hydrogens (primary N) is 1. The van der Waals surface area contributed by atoms with E-state index in [1.807, 2.05) is 0 Å². The van der Waals surface area contributed by atoms with Crippen molar-refractivity contribution in [2.45, 2.75) is 38.3 Å². The van der Waals surface area contributed by atoms with Crippen molar-refractivity contribution >= 4 is 5.69 Å². The van der Waals surface area contributed by atoms with Gasteiger partial charge in [0.15, 0.2) is 0 Å². The van der Waals surface area contributed by atoms with Crippen molar-refractivity contribution in [1.82, 2.24) is 4.98 Å². The van der Waals surface area contributed by atoms with E-state index in [4.69, 9.17) is 10.5 Å². The topological polar surface area (TPSA) is 91.3 Å². The number of nitrogens with zero attached hydrogens (tertiary/aromatic N) is 2. The summed E-state index contributed by atoms with van der Waals surface area (Å²) in [5, 5.41) is 10.6. The Labute approximate surface area is 98.9 Å². The van der Waals surface area contributed by atoms with E-state index in [1.54, 1.807) is 6.92 Å². The lowest BCUT2D eigenvalue weighted by Crippen LogP contribution is -2.33. The summed E-state index contributed by atoms with van der Waals surface area (Å²) in [6, 6.07) is 2.97. The highest BCUT2D eigenvalue weighted by Gasteiger charge is 2.26. The van der Waals surface area contributed by atoms with Crippen LogP contribution in [-0.4, -0.2) is 22.1 Å². The van der Waals surface area contributed by atoms with Crippen molar-refractivity contribution in [3.63, 3.8) is 0 Å². The molecule has 2 rings (SSSR count). The summed E-state index contributed by atoms with van der Waals surface area (Å²) in [7, 11) is 0. The molecular formula is C11H15N3O3. The van der Waals surface area contributed by atoms with Gasteiger partial charge in [-0.1, -0.05) is 0 Å². The van der Waals surface area contributed by atoms with E-state index < -0.39 is 4.92 Å². The molecule has 0 amide bonds. The smallest absolute Gasteiger partial charge is 0.290 e. The van der Waals surface area contributed by atoms with Crippen LogP contribution >= 0.6 is 0 Å². The van der Waals surface area contributed by atoms with Crippen LogP contribution in [0.3, 0.4) is 0 Å². The minimum Gasteiger partial charge on any atom is -0.473 e. The third-order valence-corrected chi connectivity index (χ3v) is 3.00. The molecule has 0 radical (unpaired) electrons. The zero-order chi connectivity index (χ0) is 12.4. The molecule has 2 atom stereocenters. The molecule has 6 nitrogen and oxygen atoms in total. The van der Waals surface area contributed by atoms with E-state index >= 15 is 0 Å². The maximum Gasteiger partial charge on any atom is 0.290 e. The highest BCUT2D eigenvalue weighted by molar-refractivity contribution is 5.36. The molecule has 1 aliphatic carbocycles. The second-order valence-electron chi connectivity index (χ2n) is 4.26. The van der Waals surface area contributed by atoms with Gasteiger partial charge in [-0.25, -0.2) is 4.98 Å². The largest absolute Gasteiger partial charge is 0.473 e. The lowest BCUT2D eigenvalue weighted by atomic mass is 10.2. The van der Waals surface area contributed by atoms with Crippen molar-refractivity contribution < 1.29 is 9.66 Å². The number of ether oxygens (including phenoxy) is 1. The third-order valence-electron chi connectivity index (χ3n) is 3.00. The molecule has 17 heavy (non-hydrogen) atoms. The Morgan fingerprint density at radius 1 is 1.53 bits per heavy atom. The van der Waals surface area contributed by atoms with Gasteiger partial charge in [-0.05, 0) is 26.2 Å². The molecule has 2 N–H and O–H groups in total. The minimum absolute atomic E-state index is 0.00747. The quantitative estimate of drug-likeness (QED) is 0.636. The normalized spacial score (nSPS) is 23.6. The monoisotopic (exact) mass is 237 g/mol. The van der Waals surface area contributed by atoms with Gasteiger partial charge in [-0.15, -0.1) is 0 Å². The molecule has 0 saturated heterocycles. The molecule has 6 heteroatoms. The zero-order valence-electron chi connectivity index (χ0n) is 9.63. The Balaban J connectivity index is 2.12. The second-order valence-corrected chi connectivity index (χ2v) is 4.26. The molecule has 0 aromatic carbocycles. The van der Waals surface area contributed by atoms with Crippen molar-refractivity contribution in [1.29, 1.82) is 0 Å². The van der Waals surface area contributed by atoms with Gasteiger partial charge in [0.05, 0.1) is 4.92 Å². The van der Waals surface area contributed by atoms with Crippen LogP contribution in [0.15, 0.2) is 12.1 Å². The Hall–Kier alpha value is -1.69. The maximum atomic E-state index is 10.6. The van der Waals surface area contributed by atoms with Crippen LogP contribution in [0.5, 0.6) is 5.88 Å². The second kappa shape index (κ2) is 4.67. The van der Waals surface area contributed by atoms with E-state index in [0.29, 0.717) is 11.6 Å². The van der Waals surface area contributed by atoms with Gasteiger partial charge in [0, 0.05) is 18.2 Å². The van der Waals surface area contributed by atoms with Gasteiger partial charge in [-0.3, -0.25) is 10.1 Å². The lowest BCUT2D eigenvalue weighted by Gasteiger charge is -2.17. The summed E-state index contributed by atoms with van der Waals surface area (Å²) < 4.78 is 5.64. The molecule has 0 aliphatic heterocycles. The summed E-state index contributed by atoms with van der Waals surface area (Å²) in [6.07, 6.45) is 2.90. The molecule has 0 spiro atoms. The van der Waals surface area contributed by atoms with E-state index in [9.17, 15) is 10.1 Å². The molecule has 1 aromatic heterocycles. The first-order valence-electron chi connectivity index (χ1n) is 5.62. The summed E-state index contributed by atoms with van der Waals surface area (Å²) in [5.41, 5.74) is 6.25. The fourth-order valence-electron chi connectivity index (χ4n) is 2.05. The first kappa shape index (κ1) is 11.8. The van der Waals surface area contributed by atoms with Crippen LogP contribution < -0.4 is 10.5 Å². The van der Waals surface area contributed by atoms with Crippen LogP contribution in [0, 0.1) is 17.0 Å². The molecule has 2 unspecified atom stereocenters. The summed E-state index contributed by atoms with van der Waals surface area (Å²) >= 11 is 0. The highest BCUT2D eigenvalue weighted by Crippen LogP contribution is 2.24. The highest BCUT2D eigenvalue weighted by atomic mass is 16.6. The van der Waals surface area contributed by atoms with Gasteiger partial charge in [0.1, 0.15) is 11.8 Å². The molecule has 1 aromatic rings. The van der Waals surface area contributed by atoms with Gasteiger partial charge in [-0.2, -0.15) is 0 Å². The van der Waals surface area contributed by atoms with Crippen molar-refractivity contribution in [2.75, 3.05) is 0 Å². The predicted octanol–water partition coefficient (Wildman–Crippen LogP) is 1.56. The fraction of sp³-hybridized carbons (Fsp3) is 0.545. The first-order valence-corrected chi connectivity index (χ1v) is 5.62. The molecular weight excluding hydrogens is 222 g/mol. The Morgan fingerprint density at radius 3 is 2.82 bits per heavy atom. The number of pyridine rings is 1. The van der Waals surface area contributed by atoms with Gasteiger partial charge < -0.3 is 10.5 Å². The Morgan fingerprint density at radius 2 is 2.29 bits per heavy atom. The number of hydrogen-bond acceptors (Lipinski definition) is 5. The predicted molar refractivity (Wildman–Crippen MR) is 61.9 cm³/mol. The summed E-state index contributed by atoms with van der Waals surface area (Å²) in [4.78, 5) is 14.3. The lowest BCUT2D eigenvalue weighted by molar-refractivity contribution is -0.385. The molecule has 92 valence electrons. The van der Waals surface area contributed by atoms with Crippen LogP contribution in [0.25, 0.3) is 0 Å². The molecule has 1 fully saturated rings. The molecule has 1 saturated carbocycles. The SMILES string of the molecule is Cc1nc(OC2CCCC2N)ccc1[N+](=O)[O-]. The van der Waals surface area contributed by atoms with E-state index in [1.165, 1.54) is 12.1 Å². The van der Waals surface area contributed by atoms with E-state index in [-0.39, 0.29) is 17.8 Å². The molecule has 1 heterocycles. The Bertz CT molecular complexity index is 436. The van der Waals surface area contributed by atoms with Crippen LogP contribution in [-0.2, 0) is 0 Å². The van der Waals surface area contributed by atoms with Crippen molar-refractivity contribution in [3.8, 4) is 5.88 Å². The number of aromatic nitrogens is 1. The van der Waals surface area contributed by atoms with Gasteiger partial charge in [0.2, 0.25) is 5.88 Å². The van der Waals surface area contributed by atoms with Crippen LogP contribution in [0.2, 0.25) is 0 Å². The average molecular weight is 237 g/mol. The number of hydrogen-bond donors (Lipinski definition) is 1. The first-order chi connectivity index (χ1) is 8.08. The molecule has 1 aliphatic rings. The number of rotatable bonds is 3. The van der Waals surface area contributed by atoms with Gasteiger partial charge in [0.25, 0.3) is 5.69 Å². The standard InChI is InChI=1S/C11H15N3O3/c1-7-9(14(15)16)5-6-11(13-7)17-10-4-2-3-8(10)12/h5-6,8,10H,2-4,12H2,1H3. The maximum absolute atomic E-state index is 10.6. The van der Waals surface area contributed by atoms with Crippen molar-refractivity contribution in [3.05, 3.63) is 27.9 Å². The number of aryl methyl sites for hydroxylation is 1. The Kier molecular flexibility index (Phi) is 3.23. The zero-order valence-corrected chi connectivity index (χ0v) is 9.63. The van der Waals surface area contributed by atoms with Gasteiger partial charge >= 0.3 is 0 Å². The third kappa shape index (κ3) is 2.52. The van der Waals surface area contributed by atoms with E-state index in [2.05, 4.69) is 4.98 Å². The van der Waals surface area contributed by atoms with Crippen molar-refractivity contribution in [2.24, 2.45) is 5.73 Å². The van der Waals surface area contributed by atoms with E-state index in [0.717, 1.165) is 19.3 Å². The van der Waals surface area contributed by atoms with Crippen LogP contribution in [0.1, 0.15) is 25.0 Å². The summed E-state index contributed by atoms with van der Waals surface area (Å²) in [5.74, 6) is 0.412. The summed E-state index contributed by atoms with van der Waals surface area (Å²) in [6.45, 7) is 1.60. The fourth-order valence-corrected chi connectivity index (χ4v) is 2.05.